The summed E-state index contributed by atoms with van der Waals surface area (Å²) in [5, 5.41) is 14.1. The van der Waals surface area contributed by atoms with Crippen LogP contribution in [0.4, 0.5) is 0 Å². The maximum absolute atomic E-state index is 7.56. The van der Waals surface area contributed by atoms with E-state index in [-0.39, 0.29) is 0 Å². The zero-order valence-corrected chi connectivity index (χ0v) is 25.1. The molecule has 4 nitrogen and oxygen atoms in total. The molecule has 0 aromatic carbocycles. The Morgan fingerprint density at radius 1 is 0.382 bits per heavy atom. The van der Waals surface area contributed by atoms with Crippen molar-refractivity contribution in [3.63, 3.8) is 0 Å². The highest BCUT2D eigenvalue weighted by Gasteiger charge is 1.92. The number of nitrogens with two attached hydrogens (primary N) is 2. The third-order valence-corrected chi connectivity index (χ3v) is 5.41. The smallest absolute Gasteiger partial charge is 0.251 e. The molecule has 0 heterocycles. The fourth-order valence-electron chi connectivity index (χ4n) is 3.47. The van der Waals surface area contributed by atoms with Crippen LogP contribution in [0.3, 0.4) is 0 Å². The summed E-state index contributed by atoms with van der Waals surface area (Å²) < 4.78 is 0. The fraction of sp³-hybridized carbons (Fsp3) is 0.929. The Labute approximate surface area is 225 Å². The van der Waals surface area contributed by atoms with E-state index in [0.717, 1.165) is 0 Å². The van der Waals surface area contributed by atoms with Crippen molar-refractivity contribution in [1.82, 2.24) is 0 Å². The molecule has 34 heavy (non-hydrogen) atoms. The van der Waals surface area contributed by atoms with Gasteiger partial charge >= 0.3 is 0 Å². The van der Waals surface area contributed by atoms with Gasteiger partial charge in [0.2, 0.25) is 0 Å². The molecule has 6 heteroatoms. The van der Waals surface area contributed by atoms with E-state index < -0.39 is 10.3 Å². The minimum Gasteiger partial charge on any atom is -0.487 e. The van der Waals surface area contributed by atoms with E-state index in [1.54, 1.807) is 0 Å². The van der Waals surface area contributed by atoms with Crippen LogP contribution < -0.4 is 11.5 Å². The first kappa shape index (κ1) is 40.5. The van der Waals surface area contributed by atoms with Gasteiger partial charge in [-0.05, 0) is 24.4 Å². The van der Waals surface area contributed by atoms with Crippen molar-refractivity contribution in [2.45, 2.75) is 169 Å². The predicted octanol–water partition coefficient (Wildman–Crippen LogP) is 10.2. The van der Waals surface area contributed by atoms with Crippen molar-refractivity contribution < 1.29 is 10.2 Å². The van der Waals surface area contributed by atoms with Gasteiger partial charge in [-0.15, -0.1) is 0 Å². The monoisotopic (exact) mass is 522 g/mol. The van der Waals surface area contributed by atoms with Crippen LogP contribution in [-0.2, 0) is 0 Å². The van der Waals surface area contributed by atoms with E-state index >= 15 is 0 Å². The van der Waals surface area contributed by atoms with E-state index in [1.807, 2.05) is 0 Å². The molecule has 0 spiro atoms. The molecule has 0 aliphatic heterocycles. The summed E-state index contributed by atoms with van der Waals surface area (Å²) in [6.07, 6.45) is 31.9. The molecule has 0 aliphatic carbocycles. The van der Waals surface area contributed by atoms with E-state index in [0.29, 0.717) is 0 Å². The van der Waals surface area contributed by atoms with Gasteiger partial charge in [0.15, 0.2) is 0 Å². The van der Waals surface area contributed by atoms with Crippen LogP contribution in [0.1, 0.15) is 169 Å². The van der Waals surface area contributed by atoms with Gasteiger partial charge in [0.1, 0.15) is 0 Å². The van der Waals surface area contributed by atoms with Crippen LogP contribution in [-0.4, -0.2) is 20.6 Å². The van der Waals surface area contributed by atoms with Gasteiger partial charge < -0.3 is 21.7 Å². The second kappa shape index (κ2) is 42.5. The maximum atomic E-state index is 7.56. The first-order valence-electron chi connectivity index (χ1n) is 14.3. The molecule has 0 bridgehead atoms. The van der Waals surface area contributed by atoms with Crippen molar-refractivity contribution in [2.75, 3.05) is 0 Å². The van der Waals surface area contributed by atoms with Gasteiger partial charge in [-0.1, -0.05) is 169 Å². The minimum atomic E-state index is -0.500. The lowest BCUT2D eigenvalue weighted by molar-refractivity contribution is 0.554. The second-order valence-electron chi connectivity index (χ2n) is 9.04. The molecule has 6 N–H and O–H groups in total. The van der Waals surface area contributed by atoms with Crippen LogP contribution >= 0.6 is 24.4 Å². The quantitative estimate of drug-likeness (QED) is 0.0938. The van der Waals surface area contributed by atoms with Gasteiger partial charge in [0.05, 0.1) is 0 Å². The highest BCUT2D eigenvalue weighted by atomic mass is 32.1. The molecule has 0 aliphatic rings. The van der Waals surface area contributed by atoms with Crippen molar-refractivity contribution >= 4 is 34.8 Å². The molecule has 0 aromatic rings. The number of aliphatic hydroxyl groups excluding tert-OH is 2. The molecule has 0 rings (SSSR count). The molecule has 0 atom stereocenters. The molecule has 0 radical (unpaired) electrons. The van der Waals surface area contributed by atoms with Gasteiger partial charge in [-0.3, -0.25) is 0 Å². The highest BCUT2D eigenvalue weighted by molar-refractivity contribution is 7.80. The summed E-state index contributed by atoms with van der Waals surface area (Å²) >= 11 is 7.74. The van der Waals surface area contributed by atoms with Crippen molar-refractivity contribution in [1.29, 1.82) is 0 Å². The zero-order chi connectivity index (χ0) is 26.7. The third kappa shape index (κ3) is 77.1. The van der Waals surface area contributed by atoms with E-state index in [1.165, 1.54) is 141 Å². The summed E-state index contributed by atoms with van der Waals surface area (Å²) in [5.41, 5.74) is 8.80. The zero-order valence-electron chi connectivity index (χ0n) is 23.4. The second-order valence-corrected chi connectivity index (χ2v) is 9.88. The van der Waals surface area contributed by atoms with Gasteiger partial charge in [-0.2, -0.15) is 0 Å². The maximum Gasteiger partial charge on any atom is 0.251 e. The summed E-state index contributed by atoms with van der Waals surface area (Å²) in [5.74, 6) is 0. The van der Waals surface area contributed by atoms with Crippen LogP contribution in [0.15, 0.2) is 0 Å². The number of thiocarbonyl (C=S) groups is 2. The Bertz CT molecular complexity index is 308. The average Bonchev–Trinajstić information content (AvgIpc) is 2.77. The van der Waals surface area contributed by atoms with Gasteiger partial charge in [0.25, 0.3) is 10.3 Å². The summed E-state index contributed by atoms with van der Waals surface area (Å²) in [4.78, 5) is 0. The molecule has 0 saturated heterocycles. The third-order valence-electron chi connectivity index (χ3n) is 5.41. The lowest BCUT2D eigenvalue weighted by Gasteiger charge is -2.00. The summed E-state index contributed by atoms with van der Waals surface area (Å²) in [7, 11) is 0. The molecule has 0 aromatic heterocycles. The van der Waals surface area contributed by atoms with Crippen molar-refractivity contribution in [2.24, 2.45) is 11.5 Å². The highest BCUT2D eigenvalue weighted by Crippen LogP contribution is 2.11. The van der Waals surface area contributed by atoms with Crippen LogP contribution in [0.2, 0.25) is 0 Å². The van der Waals surface area contributed by atoms with Gasteiger partial charge in [-0.25, -0.2) is 0 Å². The van der Waals surface area contributed by atoms with Crippen LogP contribution in [0.5, 0.6) is 0 Å². The first-order chi connectivity index (χ1) is 16.3. The van der Waals surface area contributed by atoms with Crippen LogP contribution in [0.25, 0.3) is 0 Å². The molecule has 208 valence electrons. The molecule has 0 amide bonds. The SMILES string of the molecule is CCCCCCCCCCCCC.CCCCCCCCCCCCC.NC(O)=S.NC(O)=S. The summed E-state index contributed by atoms with van der Waals surface area (Å²) in [6.45, 7) is 9.13. The lowest BCUT2D eigenvalue weighted by Crippen LogP contribution is -2.03. The Morgan fingerprint density at radius 2 is 0.471 bits per heavy atom. The van der Waals surface area contributed by atoms with E-state index in [9.17, 15) is 0 Å². The Hall–Kier alpha value is -0.620. The summed E-state index contributed by atoms with van der Waals surface area (Å²) in [6, 6.07) is 0. The standard InChI is InChI=1S/2C13H28.2CH3NOS/c2*1-3-5-7-9-11-13-12-10-8-6-4-2;2*2-1(3)4/h2*3-13H2,1-2H3;2*(H3,2,3,4). The molecular weight excluding hydrogens is 460 g/mol. The lowest BCUT2D eigenvalue weighted by atomic mass is 10.1. The first-order valence-corrected chi connectivity index (χ1v) is 15.1. The molecule has 0 saturated carbocycles. The normalized spacial score (nSPS) is 9.53. The van der Waals surface area contributed by atoms with Gasteiger partial charge in [0, 0.05) is 0 Å². The van der Waals surface area contributed by atoms with E-state index in [2.05, 4.69) is 63.6 Å². The van der Waals surface area contributed by atoms with Crippen molar-refractivity contribution in [3.05, 3.63) is 0 Å². The molecule has 0 fully saturated rings. The number of rotatable bonds is 20. The molecule has 0 unspecified atom stereocenters. The Morgan fingerprint density at radius 3 is 0.559 bits per heavy atom. The Kier molecular flexibility index (Phi) is 50.7. The predicted molar refractivity (Wildman–Crippen MR) is 163 cm³/mol. The number of hydrogen-bond donors (Lipinski definition) is 4. The topological polar surface area (TPSA) is 92.5 Å². The number of aliphatic hydroxyl groups is 2. The van der Waals surface area contributed by atoms with E-state index in [4.69, 9.17) is 10.2 Å². The van der Waals surface area contributed by atoms with Crippen molar-refractivity contribution in [3.8, 4) is 0 Å². The number of unbranched alkanes of at least 4 members (excludes halogenated alkanes) is 20. The Balaban J connectivity index is -0.000000201. The minimum absolute atomic E-state index is 0.500. The molecular formula is C28H62N2O2S2. The average molecular weight is 523 g/mol. The van der Waals surface area contributed by atoms with Crippen LogP contribution in [0, 0.1) is 0 Å². The largest absolute Gasteiger partial charge is 0.487 e. The number of hydrogen-bond acceptors (Lipinski definition) is 2. The fourth-order valence-corrected chi connectivity index (χ4v) is 3.47.